The van der Waals surface area contributed by atoms with Crippen molar-refractivity contribution in [3.63, 3.8) is 0 Å². The maximum atomic E-state index is 12.9. The zero-order valence-electron chi connectivity index (χ0n) is 16.0. The highest BCUT2D eigenvalue weighted by molar-refractivity contribution is 5.95. The quantitative estimate of drug-likeness (QED) is 0.829. The molecule has 1 saturated heterocycles. The van der Waals surface area contributed by atoms with Gasteiger partial charge >= 0.3 is 0 Å². The molecule has 142 valence electrons. The van der Waals surface area contributed by atoms with Crippen LogP contribution in [-0.4, -0.2) is 66.0 Å². The fourth-order valence-electron chi connectivity index (χ4n) is 3.29. The Morgan fingerprint density at radius 1 is 1.19 bits per heavy atom. The van der Waals surface area contributed by atoms with E-state index in [1.165, 1.54) is 10.5 Å². The lowest BCUT2D eigenvalue weighted by atomic mass is 10.0. The van der Waals surface area contributed by atoms with Crippen LogP contribution >= 0.6 is 0 Å². The van der Waals surface area contributed by atoms with Gasteiger partial charge in [0, 0.05) is 39.0 Å². The Morgan fingerprint density at radius 2 is 1.93 bits per heavy atom. The first kappa shape index (κ1) is 19.0. The van der Waals surface area contributed by atoms with Gasteiger partial charge in [0.15, 0.2) is 5.60 Å². The summed E-state index contributed by atoms with van der Waals surface area (Å²) in [6.45, 7) is 2.76. The molecule has 27 heavy (non-hydrogen) atoms. The summed E-state index contributed by atoms with van der Waals surface area (Å²) < 4.78 is 5.69. The third kappa shape index (κ3) is 4.34. The van der Waals surface area contributed by atoms with Crippen LogP contribution in [0, 0.1) is 0 Å². The van der Waals surface area contributed by atoms with Gasteiger partial charge in [-0.1, -0.05) is 30.3 Å². The summed E-state index contributed by atoms with van der Waals surface area (Å²) in [4.78, 5) is 32.8. The highest BCUT2D eigenvalue weighted by atomic mass is 16.5. The van der Waals surface area contributed by atoms with Crippen molar-refractivity contribution in [3.8, 4) is 0 Å². The zero-order chi connectivity index (χ0) is 19.4. The van der Waals surface area contributed by atoms with Gasteiger partial charge in [-0.3, -0.25) is 14.6 Å². The number of morpholine rings is 1. The lowest BCUT2D eigenvalue weighted by Crippen LogP contribution is -2.59. The minimum Gasteiger partial charge on any atom is -0.362 e. The maximum Gasteiger partial charge on any atom is 0.255 e. The van der Waals surface area contributed by atoms with Crippen molar-refractivity contribution >= 4 is 11.8 Å². The summed E-state index contributed by atoms with van der Waals surface area (Å²) in [5.74, 6) is -0.272. The van der Waals surface area contributed by atoms with Crippen molar-refractivity contribution in [2.45, 2.75) is 18.9 Å². The number of carbonyl (C=O) groups excluding carboxylic acids is 2. The van der Waals surface area contributed by atoms with E-state index in [0.29, 0.717) is 18.7 Å². The predicted molar refractivity (Wildman–Crippen MR) is 102 cm³/mol. The van der Waals surface area contributed by atoms with Crippen molar-refractivity contribution in [3.05, 3.63) is 65.5 Å². The van der Waals surface area contributed by atoms with Crippen LogP contribution < -0.4 is 0 Å². The fraction of sp³-hybridized carbons (Fsp3) is 0.381. The molecule has 1 unspecified atom stereocenters. The van der Waals surface area contributed by atoms with Gasteiger partial charge < -0.3 is 14.5 Å². The van der Waals surface area contributed by atoms with Gasteiger partial charge in [-0.25, -0.2) is 0 Å². The van der Waals surface area contributed by atoms with Crippen LogP contribution in [0.1, 0.15) is 28.5 Å². The van der Waals surface area contributed by atoms with Crippen LogP contribution in [0.3, 0.4) is 0 Å². The Labute approximate surface area is 159 Å². The van der Waals surface area contributed by atoms with Gasteiger partial charge in [-0.05, 0) is 24.6 Å². The molecule has 2 heterocycles. The summed E-state index contributed by atoms with van der Waals surface area (Å²) in [6, 6.07) is 13.8. The lowest BCUT2D eigenvalue weighted by Gasteiger charge is -2.40. The van der Waals surface area contributed by atoms with Crippen molar-refractivity contribution in [1.29, 1.82) is 0 Å². The molecular formula is C21H25N3O3. The smallest absolute Gasteiger partial charge is 0.255 e. The molecule has 3 rings (SSSR count). The highest BCUT2D eigenvalue weighted by Gasteiger charge is 2.41. The predicted octanol–water partition coefficient (Wildman–Crippen LogP) is 1.99. The number of aromatic nitrogens is 1. The fourth-order valence-corrected chi connectivity index (χ4v) is 3.29. The number of nitrogens with zero attached hydrogens (tertiary/aromatic N) is 3. The molecule has 0 N–H and O–H groups in total. The molecule has 0 aliphatic carbocycles. The van der Waals surface area contributed by atoms with E-state index in [4.69, 9.17) is 4.74 Å². The number of hydrogen-bond donors (Lipinski definition) is 0. The molecule has 1 aliphatic heterocycles. The van der Waals surface area contributed by atoms with Crippen LogP contribution in [0.2, 0.25) is 0 Å². The van der Waals surface area contributed by atoms with Gasteiger partial charge in [-0.15, -0.1) is 0 Å². The summed E-state index contributed by atoms with van der Waals surface area (Å²) in [6.07, 6.45) is 2.34. The molecule has 1 aliphatic rings. The first-order valence-corrected chi connectivity index (χ1v) is 9.03. The number of amides is 2. The van der Waals surface area contributed by atoms with Crippen LogP contribution in [0.4, 0.5) is 0 Å². The molecule has 1 aromatic heterocycles. The average Bonchev–Trinajstić information content (AvgIpc) is 2.68. The molecule has 6 heteroatoms. The summed E-state index contributed by atoms with van der Waals surface area (Å²) >= 11 is 0. The average molecular weight is 367 g/mol. The van der Waals surface area contributed by atoms with Crippen molar-refractivity contribution in [1.82, 2.24) is 14.8 Å². The number of carbonyl (C=O) groups is 2. The van der Waals surface area contributed by atoms with E-state index in [-0.39, 0.29) is 18.4 Å². The molecule has 0 radical (unpaired) electrons. The number of likely N-dealkylation sites (N-methyl/N-ethyl adjacent to an activating group) is 1. The van der Waals surface area contributed by atoms with Crippen LogP contribution in [-0.2, 0) is 16.0 Å². The van der Waals surface area contributed by atoms with Crippen LogP contribution in [0.25, 0.3) is 0 Å². The Morgan fingerprint density at radius 3 is 2.56 bits per heavy atom. The van der Waals surface area contributed by atoms with Crippen LogP contribution in [0.5, 0.6) is 0 Å². The molecule has 0 saturated carbocycles. The molecular weight excluding hydrogens is 342 g/mol. The number of benzene rings is 1. The summed E-state index contributed by atoms with van der Waals surface area (Å²) in [5, 5.41) is 0. The second-order valence-electron chi connectivity index (χ2n) is 7.21. The van der Waals surface area contributed by atoms with E-state index < -0.39 is 5.60 Å². The monoisotopic (exact) mass is 367 g/mol. The Balaban J connectivity index is 1.69. The van der Waals surface area contributed by atoms with E-state index in [1.807, 2.05) is 24.3 Å². The highest BCUT2D eigenvalue weighted by Crippen LogP contribution is 2.21. The Kier molecular flexibility index (Phi) is 5.56. The standard InChI is InChI=1S/C21H25N3O3/c1-21(20(26)23(2)3)15-24(11-12-27-21)19(25)17-9-10-18(22-14-17)13-16-7-5-4-6-8-16/h4-10,14H,11-13,15H2,1-3H3. The molecule has 1 atom stereocenters. The van der Waals surface area contributed by atoms with E-state index in [2.05, 4.69) is 17.1 Å². The lowest BCUT2D eigenvalue weighted by molar-refractivity contribution is -0.162. The number of ether oxygens (including phenoxy) is 1. The van der Waals surface area contributed by atoms with E-state index in [1.54, 1.807) is 38.2 Å². The Hall–Kier alpha value is -2.73. The topological polar surface area (TPSA) is 62.7 Å². The largest absolute Gasteiger partial charge is 0.362 e. The second kappa shape index (κ2) is 7.88. The molecule has 0 spiro atoms. The van der Waals surface area contributed by atoms with Crippen molar-refractivity contribution in [2.24, 2.45) is 0 Å². The first-order chi connectivity index (χ1) is 12.9. The molecule has 0 bridgehead atoms. The van der Waals surface area contributed by atoms with Gasteiger partial charge in [0.1, 0.15) is 0 Å². The van der Waals surface area contributed by atoms with Crippen LogP contribution in [0.15, 0.2) is 48.7 Å². The minimum absolute atomic E-state index is 0.130. The third-order valence-corrected chi connectivity index (χ3v) is 4.72. The summed E-state index contributed by atoms with van der Waals surface area (Å²) in [7, 11) is 3.38. The van der Waals surface area contributed by atoms with Gasteiger partial charge in [-0.2, -0.15) is 0 Å². The summed E-state index contributed by atoms with van der Waals surface area (Å²) in [5.41, 5.74) is 1.59. The number of hydrogen-bond acceptors (Lipinski definition) is 4. The van der Waals surface area contributed by atoms with Gasteiger partial charge in [0.05, 0.1) is 18.7 Å². The normalized spacial score (nSPS) is 19.6. The first-order valence-electron chi connectivity index (χ1n) is 9.03. The number of pyridine rings is 1. The van der Waals surface area contributed by atoms with E-state index >= 15 is 0 Å². The van der Waals surface area contributed by atoms with E-state index in [9.17, 15) is 9.59 Å². The van der Waals surface area contributed by atoms with E-state index in [0.717, 1.165) is 12.1 Å². The SMILES string of the molecule is CN(C)C(=O)C1(C)CN(C(=O)c2ccc(Cc3ccccc3)nc2)CCO1. The van der Waals surface area contributed by atoms with Crippen molar-refractivity contribution < 1.29 is 14.3 Å². The second-order valence-corrected chi connectivity index (χ2v) is 7.21. The molecule has 2 aromatic rings. The molecule has 1 fully saturated rings. The minimum atomic E-state index is -1.02. The maximum absolute atomic E-state index is 12.9. The molecule has 1 aromatic carbocycles. The van der Waals surface area contributed by atoms with Gasteiger partial charge in [0.25, 0.3) is 11.8 Å². The van der Waals surface area contributed by atoms with Gasteiger partial charge in [0.2, 0.25) is 0 Å². The van der Waals surface area contributed by atoms with Crippen molar-refractivity contribution in [2.75, 3.05) is 33.8 Å². The molecule has 2 amide bonds. The molecule has 6 nitrogen and oxygen atoms in total. The third-order valence-electron chi connectivity index (χ3n) is 4.72. The number of rotatable bonds is 4. The Bertz CT molecular complexity index is 805. The zero-order valence-corrected chi connectivity index (χ0v) is 16.0.